The zero-order chi connectivity index (χ0) is 9.30. The third-order valence-electron chi connectivity index (χ3n) is 1.82. The molecule has 1 saturated heterocycles. The van der Waals surface area contributed by atoms with Gasteiger partial charge in [0.15, 0.2) is 12.5 Å². The predicted octanol–water partition coefficient (Wildman–Crippen LogP) is -2.24. The molecule has 4 N–H and O–H groups in total. The summed E-state index contributed by atoms with van der Waals surface area (Å²) in [5.41, 5.74) is 0. The van der Waals surface area contributed by atoms with Crippen molar-refractivity contribution in [3.05, 3.63) is 0 Å². The van der Waals surface area contributed by atoms with E-state index in [1.54, 1.807) is 0 Å². The molecule has 5 nitrogen and oxygen atoms in total. The van der Waals surface area contributed by atoms with Crippen LogP contribution >= 0.6 is 0 Å². The summed E-state index contributed by atoms with van der Waals surface area (Å²) in [5, 5.41) is 35.3. The van der Waals surface area contributed by atoms with E-state index in [0.29, 0.717) is 0 Å². The molecule has 1 rings (SSSR count). The lowest BCUT2D eigenvalue weighted by atomic mass is 10.0. The van der Waals surface area contributed by atoms with Gasteiger partial charge in [0.1, 0.15) is 18.3 Å². The Bertz CT molecular complexity index is 150. The zero-order valence-corrected chi connectivity index (χ0v) is 6.17. The fourth-order valence-electron chi connectivity index (χ4n) is 1.06. The molecule has 0 aromatic carbocycles. The van der Waals surface area contributed by atoms with E-state index >= 15 is 0 Å². The first-order valence-electron chi connectivity index (χ1n) is 3.52. The molecule has 0 amide bonds. The SMILES string of the molecule is OC[C@H]1O[C@@H](O)[C@H](F)[C@@H](O)[C@H]1O. The van der Waals surface area contributed by atoms with Crippen LogP contribution in [-0.4, -0.2) is 57.8 Å². The highest BCUT2D eigenvalue weighted by atomic mass is 19.1. The Morgan fingerprint density at radius 3 is 2.25 bits per heavy atom. The maximum Gasteiger partial charge on any atom is 0.189 e. The average molecular weight is 182 g/mol. The summed E-state index contributed by atoms with van der Waals surface area (Å²) in [4.78, 5) is 0. The molecular formula is C6H11FO5. The molecule has 6 heteroatoms. The van der Waals surface area contributed by atoms with Crippen LogP contribution < -0.4 is 0 Å². The first-order chi connectivity index (χ1) is 5.57. The molecule has 12 heavy (non-hydrogen) atoms. The van der Waals surface area contributed by atoms with Gasteiger partial charge in [0.05, 0.1) is 6.61 Å². The van der Waals surface area contributed by atoms with Crippen LogP contribution in [0.15, 0.2) is 0 Å². The summed E-state index contributed by atoms with van der Waals surface area (Å²) in [6.07, 6.45) is -8.19. The van der Waals surface area contributed by atoms with Gasteiger partial charge in [-0.25, -0.2) is 4.39 Å². The van der Waals surface area contributed by atoms with E-state index < -0.39 is 37.4 Å². The number of hydrogen-bond acceptors (Lipinski definition) is 5. The molecule has 0 saturated carbocycles. The van der Waals surface area contributed by atoms with Crippen LogP contribution in [0.3, 0.4) is 0 Å². The molecule has 1 aliphatic heterocycles. The highest BCUT2D eigenvalue weighted by molar-refractivity contribution is 4.88. The molecule has 0 bridgehead atoms. The number of alkyl halides is 1. The Balaban J connectivity index is 2.63. The van der Waals surface area contributed by atoms with E-state index in [4.69, 9.17) is 20.4 Å². The lowest BCUT2D eigenvalue weighted by molar-refractivity contribution is -0.271. The molecule has 0 aromatic rings. The van der Waals surface area contributed by atoms with E-state index in [0.717, 1.165) is 0 Å². The van der Waals surface area contributed by atoms with Crippen molar-refractivity contribution in [3.8, 4) is 0 Å². The number of hydrogen-bond donors (Lipinski definition) is 4. The Morgan fingerprint density at radius 1 is 1.17 bits per heavy atom. The minimum Gasteiger partial charge on any atom is -0.394 e. The van der Waals surface area contributed by atoms with Crippen LogP contribution in [0.25, 0.3) is 0 Å². The summed E-state index contributed by atoms with van der Waals surface area (Å²) in [6, 6.07) is 0. The molecular weight excluding hydrogens is 171 g/mol. The topological polar surface area (TPSA) is 90.2 Å². The molecule has 0 aliphatic carbocycles. The first kappa shape index (κ1) is 9.82. The maximum absolute atomic E-state index is 12.7. The zero-order valence-electron chi connectivity index (χ0n) is 6.17. The van der Waals surface area contributed by atoms with Gasteiger partial charge >= 0.3 is 0 Å². The van der Waals surface area contributed by atoms with Crippen molar-refractivity contribution >= 4 is 0 Å². The van der Waals surface area contributed by atoms with E-state index in [9.17, 15) is 4.39 Å². The summed E-state index contributed by atoms with van der Waals surface area (Å²) >= 11 is 0. The van der Waals surface area contributed by atoms with Gasteiger partial charge in [0.25, 0.3) is 0 Å². The first-order valence-corrected chi connectivity index (χ1v) is 3.52. The second kappa shape index (κ2) is 3.63. The molecule has 1 aliphatic rings. The molecule has 1 heterocycles. The lowest BCUT2D eigenvalue weighted by Crippen LogP contribution is -2.56. The molecule has 0 radical (unpaired) electrons. The van der Waals surface area contributed by atoms with Crippen LogP contribution in [0.1, 0.15) is 0 Å². The normalized spacial score (nSPS) is 49.2. The fraction of sp³-hybridized carbons (Fsp3) is 1.00. The van der Waals surface area contributed by atoms with Crippen LogP contribution in [-0.2, 0) is 4.74 Å². The van der Waals surface area contributed by atoms with Crippen molar-refractivity contribution in [3.63, 3.8) is 0 Å². The van der Waals surface area contributed by atoms with Crippen LogP contribution in [0.5, 0.6) is 0 Å². The van der Waals surface area contributed by atoms with Crippen LogP contribution in [0.4, 0.5) is 4.39 Å². The van der Waals surface area contributed by atoms with Gasteiger partial charge in [-0.3, -0.25) is 0 Å². The highest BCUT2D eigenvalue weighted by Crippen LogP contribution is 2.21. The highest BCUT2D eigenvalue weighted by Gasteiger charge is 2.43. The third-order valence-corrected chi connectivity index (χ3v) is 1.82. The van der Waals surface area contributed by atoms with E-state index in [2.05, 4.69) is 4.74 Å². The monoisotopic (exact) mass is 182 g/mol. The number of aliphatic hydroxyl groups is 4. The predicted molar refractivity (Wildman–Crippen MR) is 34.9 cm³/mol. The quantitative estimate of drug-likeness (QED) is 0.368. The average Bonchev–Trinajstić information content (AvgIpc) is 2.08. The van der Waals surface area contributed by atoms with Gasteiger partial charge in [-0.1, -0.05) is 0 Å². The Labute approximate surface area is 68.0 Å². The molecule has 0 aromatic heterocycles. The number of ether oxygens (including phenoxy) is 1. The van der Waals surface area contributed by atoms with Gasteiger partial charge in [0, 0.05) is 0 Å². The number of rotatable bonds is 1. The third kappa shape index (κ3) is 1.57. The maximum atomic E-state index is 12.7. The summed E-state index contributed by atoms with van der Waals surface area (Å²) in [5.74, 6) is 0. The second-order valence-electron chi connectivity index (χ2n) is 2.67. The Hall–Kier alpha value is -0.270. The smallest absolute Gasteiger partial charge is 0.189 e. The van der Waals surface area contributed by atoms with Crippen molar-refractivity contribution in [1.82, 2.24) is 0 Å². The Kier molecular flexibility index (Phi) is 2.97. The number of halogens is 1. The van der Waals surface area contributed by atoms with Crippen molar-refractivity contribution in [2.24, 2.45) is 0 Å². The molecule has 0 spiro atoms. The standard InChI is InChI=1S/C6H11FO5/c7-3-5(10)4(9)2(1-8)12-6(3)11/h2-6,8-11H,1H2/t2-,3-,4+,5-,6-/m1/s1. The van der Waals surface area contributed by atoms with Crippen molar-refractivity contribution in [2.45, 2.75) is 30.8 Å². The minimum atomic E-state index is -2.04. The largest absolute Gasteiger partial charge is 0.394 e. The van der Waals surface area contributed by atoms with Crippen LogP contribution in [0, 0.1) is 0 Å². The van der Waals surface area contributed by atoms with Crippen molar-refractivity contribution in [2.75, 3.05) is 6.61 Å². The van der Waals surface area contributed by atoms with E-state index in [1.165, 1.54) is 0 Å². The minimum absolute atomic E-state index is 0.581. The number of aliphatic hydroxyl groups excluding tert-OH is 4. The summed E-state index contributed by atoms with van der Waals surface area (Å²) < 4.78 is 17.1. The molecule has 1 fully saturated rings. The molecule has 0 unspecified atom stereocenters. The van der Waals surface area contributed by atoms with Gasteiger partial charge in [-0.05, 0) is 0 Å². The molecule has 72 valence electrons. The fourth-order valence-corrected chi connectivity index (χ4v) is 1.06. The Morgan fingerprint density at radius 2 is 1.75 bits per heavy atom. The van der Waals surface area contributed by atoms with E-state index in [1.807, 2.05) is 0 Å². The van der Waals surface area contributed by atoms with Crippen molar-refractivity contribution < 1.29 is 29.6 Å². The lowest BCUT2D eigenvalue weighted by Gasteiger charge is -2.36. The van der Waals surface area contributed by atoms with E-state index in [-0.39, 0.29) is 0 Å². The van der Waals surface area contributed by atoms with Gasteiger partial charge in [-0.15, -0.1) is 0 Å². The molecule has 5 atom stereocenters. The van der Waals surface area contributed by atoms with Gasteiger partial charge in [-0.2, -0.15) is 0 Å². The van der Waals surface area contributed by atoms with Crippen molar-refractivity contribution in [1.29, 1.82) is 0 Å². The second-order valence-corrected chi connectivity index (χ2v) is 2.67. The summed E-state index contributed by atoms with van der Waals surface area (Å²) in [6.45, 7) is -0.581. The summed E-state index contributed by atoms with van der Waals surface area (Å²) in [7, 11) is 0. The van der Waals surface area contributed by atoms with Crippen LogP contribution in [0.2, 0.25) is 0 Å². The van der Waals surface area contributed by atoms with Gasteiger partial charge in [0.2, 0.25) is 0 Å². The van der Waals surface area contributed by atoms with Gasteiger partial charge < -0.3 is 25.2 Å².